The molecule has 0 aliphatic heterocycles. The highest BCUT2D eigenvalue weighted by atomic mass is 32.1. The van der Waals surface area contributed by atoms with Crippen LogP contribution in [0.4, 0.5) is 0 Å². The fourth-order valence-electron chi connectivity index (χ4n) is 1.64. The number of aliphatic hydroxyl groups is 1. The minimum Gasteiger partial charge on any atom is -0.386 e. The molecule has 3 heteroatoms. The molecule has 1 unspecified atom stereocenters. The van der Waals surface area contributed by atoms with E-state index in [-0.39, 0.29) is 0 Å². The Morgan fingerprint density at radius 3 is 2.75 bits per heavy atom. The van der Waals surface area contributed by atoms with Crippen LogP contribution in [-0.2, 0) is 6.42 Å². The lowest BCUT2D eigenvalue weighted by atomic mass is 10.0. The van der Waals surface area contributed by atoms with Gasteiger partial charge in [-0.2, -0.15) is 0 Å². The normalized spacial score (nSPS) is 12.7. The molecule has 1 aromatic heterocycles. The summed E-state index contributed by atoms with van der Waals surface area (Å²) in [5, 5.41) is 12.6. The van der Waals surface area contributed by atoms with Gasteiger partial charge in [0, 0.05) is 18.0 Å². The van der Waals surface area contributed by atoms with Crippen molar-refractivity contribution in [3.8, 4) is 0 Å². The topological polar surface area (TPSA) is 33.1 Å². The number of aryl methyl sites for hydroxylation is 2. The van der Waals surface area contributed by atoms with Crippen LogP contribution in [0.3, 0.4) is 0 Å². The molecule has 0 spiro atoms. The van der Waals surface area contributed by atoms with E-state index in [0.717, 1.165) is 10.6 Å². The number of benzene rings is 1. The van der Waals surface area contributed by atoms with Crippen molar-refractivity contribution in [3.63, 3.8) is 0 Å². The summed E-state index contributed by atoms with van der Waals surface area (Å²) >= 11 is 1.50. The lowest BCUT2D eigenvalue weighted by molar-refractivity contribution is 0.178. The zero-order valence-corrected chi connectivity index (χ0v) is 10.3. The number of hydrogen-bond donors (Lipinski definition) is 1. The van der Waals surface area contributed by atoms with Crippen molar-refractivity contribution in [1.82, 2.24) is 4.98 Å². The molecular weight excluding hydrogens is 218 g/mol. The predicted molar refractivity (Wildman–Crippen MR) is 66.7 cm³/mol. The third-order valence-electron chi connectivity index (χ3n) is 2.74. The molecule has 0 amide bonds. The molecule has 2 aromatic rings. The number of hydrogen-bond acceptors (Lipinski definition) is 3. The second-order valence-electron chi connectivity index (χ2n) is 4.01. The highest BCUT2D eigenvalue weighted by Gasteiger charge is 2.11. The minimum atomic E-state index is -0.484. The van der Waals surface area contributed by atoms with Crippen molar-refractivity contribution >= 4 is 11.3 Å². The van der Waals surface area contributed by atoms with E-state index in [1.165, 1.54) is 22.5 Å². The highest BCUT2D eigenvalue weighted by molar-refractivity contribution is 7.09. The van der Waals surface area contributed by atoms with Crippen molar-refractivity contribution in [3.05, 3.63) is 51.5 Å². The van der Waals surface area contributed by atoms with Gasteiger partial charge >= 0.3 is 0 Å². The zero-order valence-electron chi connectivity index (χ0n) is 9.47. The van der Waals surface area contributed by atoms with Crippen molar-refractivity contribution in [2.24, 2.45) is 0 Å². The van der Waals surface area contributed by atoms with Gasteiger partial charge < -0.3 is 5.11 Å². The fraction of sp³-hybridized carbons (Fsp3) is 0.308. The average molecular weight is 233 g/mol. The number of aromatic nitrogens is 1. The standard InChI is InChI=1S/C13H15NOS/c1-9-3-4-11(7-10(9)2)8-12(15)13-14-5-6-16-13/h3-7,12,15H,8H2,1-2H3. The molecule has 0 radical (unpaired) electrons. The largest absolute Gasteiger partial charge is 0.386 e. The number of rotatable bonds is 3. The van der Waals surface area contributed by atoms with Gasteiger partial charge in [-0.05, 0) is 30.5 Å². The molecule has 1 N–H and O–H groups in total. The maximum atomic E-state index is 9.97. The molecule has 84 valence electrons. The van der Waals surface area contributed by atoms with Gasteiger partial charge in [-0.25, -0.2) is 4.98 Å². The molecule has 1 atom stereocenters. The van der Waals surface area contributed by atoms with Crippen LogP contribution in [0.1, 0.15) is 27.8 Å². The van der Waals surface area contributed by atoms with Crippen LogP contribution in [0.5, 0.6) is 0 Å². The van der Waals surface area contributed by atoms with Gasteiger partial charge in [-0.1, -0.05) is 18.2 Å². The van der Waals surface area contributed by atoms with Crippen LogP contribution < -0.4 is 0 Å². The second kappa shape index (κ2) is 4.76. The van der Waals surface area contributed by atoms with E-state index in [1.54, 1.807) is 6.20 Å². The van der Waals surface area contributed by atoms with E-state index in [0.29, 0.717) is 6.42 Å². The van der Waals surface area contributed by atoms with Gasteiger partial charge in [-0.15, -0.1) is 11.3 Å². The first-order chi connectivity index (χ1) is 7.66. The van der Waals surface area contributed by atoms with E-state index in [4.69, 9.17) is 0 Å². The van der Waals surface area contributed by atoms with E-state index in [1.807, 2.05) is 5.38 Å². The Labute approximate surface area is 99.6 Å². The molecule has 2 rings (SSSR count). The Morgan fingerprint density at radius 2 is 2.12 bits per heavy atom. The second-order valence-corrected chi connectivity index (χ2v) is 4.94. The van der Waals surface area contributed by atoms with E-state index < -0.39 is 6.10 Å². The quantitative estimate of drug-likeness (QED) is 0.884. The van der Waals surface area contributed by atoms with Crippen LogP contribution in [0.2, 0.25) is 0 Å². The molecule has 2 nitrogen and oxygen atoms in total. The third-order valence-corrected chi connectivity index (χ3v) is 3.61. The Balaban J connectivity index is 2.12. The predicted octanol–water partition coefficient (Wildman–Crippen LogP) is 3.04. The summed E-state index contributed by atoms with van der Waals surface area (Å²) in [6, 6.07) is 6.30. The molecule has 0 saturated carbocycles. The summed E-state index contributed by atoms with van der Waals surface area (Å²) in [6.07, 6.45) is 1.88. The third kappa shape index (κ3) is 2.49. The Kier molecular flexibility index (Phi) is 3.36. The first-order valence-electron chi connectivity index (χ1n) is 5.30. The first-order valence-corrected chi connectivity index (χ1v) is 6.18. The van der Waals surface area contributed by atoms with Gasteiger partial charge in [0.25, 0.3) is 0 Å². The van der Waals surface area contributed by atoms with Crippen molar-refractivity contribution in [2.75, 3.05) is 0 Å². The van der Waals surface area contributed by atoms with Gasteiger partial charge in [-0.3, -0.25) is 0 Å². The number of nitrogens with zero attached hydrogens (tertiary/aromatic N) is 1. The Hall–Kier alpha value is -1.19. The molecule has 0 fully saturated rings. The van der Waals surface area contributed by atoms with E-state index in [9.17, 15) is 5.11 Å². The van der Waals surface area contributed by atoms with Gasteiger partial charge in [0.15, 0.2) is 0 Å². The Morgan fingerprint density at radius 1 is 1.31 bits per heavy atom. The summed E-state index contributed by atoms with van der Waals surface area (Å²) in [5.41, 5.74) is 3.71. The van der Waals surface area contributed by atoms with Crippen LogP contribution in [-0.4, -0.2) is 10.1 Å². The summed E-state index contributed by atoms with van der Waals surface area (Å²) in [4.78, 5) is 4.12. The van der Waals surface area contributed by atoms with Crippen molar-refractivity contribution < 1.29 is 5.11 Å². The van der Waals surface area contributed by atoms with Crippen molar-refractivity contribution in [2.45, 2.75) is 26.4 Å². The maximum absolute atomic E-state index is 9.97. The van der Waals surface area contributed by atoms with E-state index >= 15 is 0 Å². The smallest absolute Gasteiger partial charge is 0.121 e. The number of aliphatic hydroxyl groups excluding tert-OH is 1. The average Bonchev–Trinajstić information content (AvgIpc) is 2.77. The minimum absolute atomic E-state index is 0.484. The van der Waals surface area contributed by atoms with Crippen LogP contribution in [0.25, 0.3) is 0 Å². The number of thiazole rings is 1. The van der Waals surface area contributed by atoms with Crippen LogP contribution in [0, 0.1) is 13.8 Å². The van der Waals surface area contributed by atoms with Crippen molar-refractivity contribution in [1.29, 1.82) is 0 Å². The summed E-state index contributed by atoms with van der Waals surface area (Å²) in [7, 11) is 0. The molecule has 0 aliphatic carbocycles. The molecule has 0 saturated heterocycles. The summed E-state index contributed by atoms with van der Waals surface area (Å²) in [6.45, 7) is 4.19. The van der Waals surface area contributed by atoms with Gasteiger partial charge in [0.2, 0.25) is 0 Å². The van der Waals surface area contributed by atoms with Crippen LogP contribution in [0.15, 0.2) is 29.8 Å². The molecule has 1 aromatic carbocycles. The van der Waals surface area contributed by atoms with Gasteiger partial charge in [0.1, 0.15) is 11.1 Å². The van der Waals surface area contributed by atoms with Crippen LogP contribution >= 0.6 is 11.3 Å². The molecular formula is C13H15NOS. The lowest BCUT2D eigenvalue weighted by Crippen LogP contribution is -2.01. The molecule has 1 heterocycles. The summed E-state index contributed by atoms with van der Waals surface area (Å²) < 4.78 is 0. The zero-order chi connectivity index (χ0) is 11.5. The first kappa shape index (κ1) is 11.3. The highest BCUT2D eigenvalue weighted by Crippen LogP contribution is 2.21. The SMILES string of the molecule is Cc1ccc(CC(O)c2nccs2)cc1C. The van der Waals surface area contributed by atoms with E-state index in [2.05, 4.69) is 37.0 Å². The summed E-state index contributed by atoms with van der Waals surface area (Å²) in [5.74, 6) is 0. The molecule has 0 bridgehead atoms. The lowest BCUT2D eigenvalue weighted by Gasteiger charge is -2.09. The fourth-order valence-corrected chi connectivity index (χ4v) is 2.26. The molecule has 16 heavy (non-hydrogen) atoms. The molecule has 0 aliphatic rings. The monoisotopic (exact) mass is 233 g/mol. The Bertz CT molecular complexity index is 465. The van der Waals surface area contributed by atoms with Gasteiger partial charge in [0.05, 0.1) is 0 Å². The maximum Gasteiger partial charge on any atom is 0.121 e.